The molecule has 0 atom stereocenters. The van der Waals surface area contributed by atoms with Gasteiger partial charge in [-0.15, -0.1) is 0 Å². The zero-order valence-electron chi connectivity index (χ0n) is 11.3. The average Bonchev–Trinajstić information content (AvgIpc) is 2.58. The third-order valence-electron chi connectivity index (χ3n) is 3.40. The van der Waals surface area contributed by atoms with E-state index < -0.39 is 0 Å². The Morgan fingerprint density at radius 3 is 2.42 bits per heavy atom. The zero-order valence-corrected chi connectivity index (χ0v) is 11.3. The van der Waals surface area contributed by atoms with Gasteiger partial charge in [0, 0.05) is 40.2 Å². The molecule has 2 rings (SSSR count). The number of hydrogen-bond acceptors (Lipinski definition) is 4. The van der Waals surface area contributed by atoms with Crippen LogP contribution in [0.1, 0.15) is 23.8 Å². The quantitative estimate of drug-likeness (QED) is 0.755. The molecule has 104 valence electrons. The number of nitrogen functional groups attached to an aromatic ring is 1. The van der Waals surface area contributed by atoms with E-state index in [9.17, 15) is 9.59 Å². The number of nitrogens with two attached hydrogens (primary N) is 1. The number of hydrogen-bond donors (Lipinski definition) is 1. The first kappa shape index (κ1) is 13.4. The number of nitrogens with zero attached hydrogens (tertiary/aromatic N) is 4. The summed E-state index contributed by atoms with van der Waals surface area (Å²) in [6.07, 6.45) is 2.26. The molecule has 0 spiro atoms. The minimum Gasteiger partial charge on any atom is -0.396 e. The molecule has 7 nitrogen and oxygen atoms in total. The van der Waals surface area contributed by atoms with E-state index >= 15 is 0 Å². The van der Waals surface area contributed by atoms with Gasteiger partial charge in [-0.2, -0.15) is 5.10 Å². The Bertz CT molecular complexity index is 477. The Morgan fingerprint density at radius 2 is 1.84 bits per heavy atom. The highest BCUT2D eigenvalue weighted by atomic mass is 16.2. The van der Waals surface area contributed by atoms with Crippen molar-refractivity contribution in [3.8, 4) is 0 Å². The summed E-state index contributed by atoms with van der Waals surface area (Å²) in [7, 11) is 1.70. The maximum absolute atomic E-state index is 12.4. The van der Waals surface area contributed by atoms with Gasteiger partial charge >= 0.3 is 0 Å². The van der Waals surface area contributed by atoms with Crippen LogP contribution in [0.3, 0.4) is 0 Å². The molecule has 1 saturated heterocycles. The van der Waals surface area contributed by atoms with E-state index in [0.717, 1.165) is 6.42 Å². The van der Waals surface area contributed by atoms with Crippen LogP contribution in [0, 0.1) is 0 Å². The molecule has 1 aliphatic rings. The maximum Gasteiger partial charge on any atom is 0.274 e. The first-order valence-electron chi connectivity index (χ1n) is 6.33. The fourth-order valence-corrected chi connectivity index (χ4v) is 2.30. The highest BCUT2D eigenvalue weighted by Gasteiger charge is 2.24. The van der Waals surface area contributed by atoms with Gasteiger partial charge in [0.2, 0.25) is 5.91 Å². The van der Waals surface area contributed by atoms with E-state index in [2.05, 4.69) is 5.10 Å². The van der Waals surface area contributed by atoms with Crippen molar-refractivity contribution in [1.82, 2.24) is 19.6 Å². The highest BCUT2D eigenvalue weighted by molar-refractivity contribution is 5.97. The summed E-state index contributed by atoms with van der Waals surface area (Å²) in [5.41, 5.74) is 6.57. The number of aromatic nitrogens is 2. The van der Waals surface area contributed by atoms with Crippen LogP contribution >= 0.6 is 0 Å². The Labute approximate surface area is 111 Å². The second kappa shape index (κ2) is 5.29. The van der Waals surface area contributed by atoms with Gasteiger partial charge in [0.15, 0.2) is 0 Å². The van der Waals surface area contributed by atoms with Crippen molar-refractivity contribution in [2.75, 3.05) is 31.9 Å². The van der Waals surface area contributed by atoms with E-state index in [1.165, 1.54) is 10.9 Å². The smallest absolute Gasteiger partial charge is 0.274 e. The Morgan fingerprint density at radius 1 is 1.21 bits per heavy atom. The van der Waals surface area contributed by atoms with Gasteiger partial charge in [-0.1, -0.05) is 0 Å². The molecule has 0 aliphatic carbocycles. The zero-order chi connectivity index (χ0) is 14.0. The SMILES string of the molecule is CC(=O)N1CCCN(C(=O)c2c(N)cnn2C)CC1. The number of amides is 2. The topological polar surface area (TPSA) is 84.5 Å². The second-order valence-corrected chi connectivity index (χ2v) is 4.72. The van der Waals surface area contributed by atoms with Crippen LogP contribution in [-0.4, -0.2) is 57.6 Å². The number of aryl methyl sites for hydroxylation is 1. The van der Waals surface area contributed by atoms with Crippen molar-refractivity contribution < 1.29 is 9.59 Å². The molecule has 19 heavy (non-hydrogen) atoms. The van der Waals surface area contributed by atoms with Crippen LogP contribution in [-0.2, 0) is 11.8 Å². The van der Waals surface area contributed by atoms with Gasteiger partial charge in [-0.25, -0.2) is 0 Å². The van der Waals surface area contributed by atoms with Gasteiger partial charge in [0.25, 0.3) is 5.91 Å². The third-order valence-corrected chi connectivity index (χ3v) is 3.40. The van der Waals surface area contributed by atoms with Crippen molar-refractivity contribution in [2.45, 2.75) is 13.3 Å². The Balaban J connectivity index is 2.10. The summed E-state index contributed by atoms with van der Waals surface area (Å²) in [6.45, 7) is 3.98. The molecule has 0 saturated carbocycles. The molecule has 1 aromatic heterocycles. The first-order valence-corrected chi connectivity index (χ1v) is 6.33. The normalized spacial score (nSPS) is 16.3. The van der Waals surface area contributed by atoms with E-state index in [4.69, 9.17) is 5.73 Å². The minimum atomic E-state index is -0.122. The lowest BCUT2D eigenvalue weighted by atomic mass is 10.3. The largest absolute Gasteiger partial charge is 0.396 e. The maximum atomic E-state index is 12.4. The second-order valence-electron chi connectivity index (χ2n) is 4.72. The predicted octanol–water partition coefficient (Wildman–Crippen LogP) is -0.303. The van der Waals surface area contributed by atoms with E-state index in [0.29, 0.717) is 37.6 Å². The van der Waals surface area contributed by atoms with Gasteiger partial charge in [-0.05, 0) is 6.42 Å². The number of anilines is 1. The summed E-state index contributed by atoms with van der Waals surface area (Å²) in [4.78, 5) is 27.3. The van der Waals surface area contributed by atoms with E-state index in [-0.39, 0.29) is 11.8 Å². The van der Waals surface area contributed by atoms with Crippen LogP contribution in [0.2, 0.25) is 0 Å². The third kappa shape index (κ3) is 2.69. The fraction of sp³-hybridized carbons (Fsp3) is 0.583. The number of carbonyl (C=O) groups excluding carboxylic acids is 2. The molecule has 0 bridgehead atoms. The standard InChI is InChI=1S/C12H19N5O2/c1-9(18)16-4-3-5-17(7-6-16)12(19)11-10(13)8-14-15(11)2/h8H,3-7,13H2,1-2H3. The van der Waals surface area contributed by atoms with E-state index in [1.54, 1.807) is 23.8 Å². The summed E-state index contributed by atoms with van der Waals surface area (Å²) < 4.78 is 1.49. The van der Waals surface area contributed by atoms with Crippen molar-refractivity contribution in [3.63, 3.8) is 0 Å². The molecule has 7 heteroatoms. The molecule has 0 radical (unpaired) electrons. The summed E-state index contributed by atoms with van der Waals surface area (Å²) in [6, 6.07) is 0. The van der Waals surface area contributed by atoms with Gasteiger partial charge in [0.05, 0.1) is 11.9 Å². The molecule has 2 heterocycles. The monoisotopic (exact) mass is 265 g/mol. The summed E-state index contributed by atoms with van der Waals surface area (Å²) >= 11 is 0. The van der Waals surface area contributed by atoms with Crippen molar-refractivity contribution >= 4 is 17.5 Å². The summed E-state index contributed by atoms with van der Waals surface area (Å²) in [5, 5.41) is 3.98. The van der Waals surface area contributed by atoms with Crippen LogP contribution in [0.25, 0.3) is 0 Å². The number of rotatable bonds is 1. The molecule has 2 N–H and O–H groups in total. The summed E-state index contributed by atoms with van der Waals surface area (Å²) in [5.74, 6) is -0.0720. The van der Waals surface area contributed by atoms with Crippen molar-refractivity contribution in [2.24, 2.45) is 7.05 Å². The molecular weight excluding hydrogens is 246 g/mol. The predicted molar refractivity (Wildman–Crippen MR) is 70.4 cm³/mol. The van der Waals surface area contributed by atoms with Crippen LogP contribution in [0.4, 0.5) is 5.69 Å². The Hall–Kier alpha value is -2.05. The molecule has 0 aromatic carbocycles. The molecule has 1 fully saturated rings. The van der Waals surface area contributed by atoms with Gasteiger partial charge in [0.1, 0.15) is 5.69 Å². The lowest BCUT2D eigenvalue weighted by Crippen LogP contribution is -2.37. The van der Waals surface area contributed by atoms with Gasteiger partial charge in [-0.3, -0.25) is 14.3 Å². The van der Waals surface area contributed by atoms with Crippen molar-refractivity contribution in [1.29, 1.82) is 0 Å². The molecule has 1 aromatic rings. The molecular formula is C12H19N5O2. The average molecular weight is 265 g/mol. The highest BCUT2D eigenvalue weighted by Crippen LogP contribution is 2.14. The molecule has 2 amide bonds. The van der Waals surface area contributed by atoms with Crippen LogP contribution in [0.15, 0.2) is 6.20 Å². The lowest BCUT2D eigenvalue weighted by molar-refractivity contribution is -0.128. The fourth-order valence-electron chi connectivity index (χ4n) is 2.30. The first-order chi connectivity index (χ1) is 9.00. The van der Waals surface area contributed by atoms with E-state index in [1.807, 2.05) is 0 Å². The van der Waals surface area contributed by atoms with Crippen molar-refractivity contribution in [3.05, 3.63) is 11.9 Å². The molecule has 1 aliphatic heterocycles. The van der Waals surface area contributed by atoms with Gasteiger partial charge < -0.3 is 15.5 Å². The number of carbonyl (C=O) groups is 2. The molecule has 0 unspecified atom stereocenters. The van der Waals surface area contributed by atoms with Crippen LogP contribution < -0.4 is 5.73 Å². The Kier molecular flexibility index (Phi) is 3.73. The minimum absolute atomic E-state index is 0.0503. The van der Waals surface area contributed by atoms with Crippen LogP contribution in [0.5, 0.6) is 0 Å². The lowest BCUT2D eigenvalue weighted by Gasteiger charge is -2.21.